The monoisotopic (exact) mass is 260 g/mol. The molecule has 0 saturated heterocycles. The molecule has 0 aromatic carbocycles. The average Bonchev–Trinajstić information content (AvgIpc) is 2.87. The molecule has 0 atom stereocenters. The number of ether oxygens (including phenoxy) is 1. The molecule has 0 aliphatic heterocycles. The first-order valence-electron chi connectivity index (χ1n) is 5.92. The minimum Gasteiger partial charge on any atom is -0.465 e. The van der Waals surface area contributed by atoms with Gasteiger partial charge in [-0.15, -0.1) is 0 Å². The molecule has 2 aromatic heterocycles. The molecule has 0 radical (unpaired) electrons. The summed E-state index contributed by atoms with van der Waals surface area (Å²) in [6, 6.07) is 3.39. The van der Waals surface area contributed by atoms with Crippen LogP contribution in [0.5, 0.6) is 0 Å². The maximum absolute atomic E-state index is 11.8. The molecule has 0 fully saturated rings. The second-order valence-corrected chi connectivity index (χ2v) is 4.46. The third-order valence-corrected chi connectivity index (χ3v) is 2.76. The van der Waals surface area contributed by atoms with Gasteiger partial charge in [-0.1, -0.05) is 13.8 Å². The van der Waals surface area contributed by atoms with Crippen LogP contribution in [0.4, 0.5) is 5.82 Å². The number of nitrogen functional groups attached to an aromatic ring is 1. The fourth-order valence-electron chi connectivity index (χ4n) is 1.70. The Hall–Kier alpha value is -2.37. The Balaban J connectivity index is 2.51. The van der Waals surface area contributed by atoms with Crippen molar-refractivity contribution in [2.24, 2.45) is 0 Å². The molecule has 0 aliphatic rings. The number of carbonyl (C=O) groups excluding carboxylic acids is 1. The largest absolute Gasteiger partial charge is 0.465 e. The number of carbonyl (C=O) groups is 1. The summed E-state index contributed by atoms with van der Waals surface area (Å²) < 4.78 is 6.35. The lowest BCUT2D eigenvalue weighted by atomic mass is 10.1. The summed E-state index contributed by atoms with van der Waals surface area (Å²) in [6.45, 7) is 4.10. The van der Waals surface area contributed by atoms with Crippen LogP contribution in [0, 0.1) is 0 Å². The van der Waals surface area contributed by atoms with E-state index in [1.807, 2.05) is 6.07 Å². The van der Waals surface area contributed by atoms with Crippen molar-refractivity contribution in [3.05, 3.63) is 35.8 Å². The van der Waals surface area contributed by atoms with Crippen LogP contribution < -0.4 is 5.73 Å². The molecule has 0 bridgehead atoms. The number of pyridine rings is 1. The summed E-state index contributed by atoms with van der Waals surface area (Å²) >= 11 is 0. The van der Waals surface area contributed by atoms with E-state index >= 15 is 0 Å². The number of aromatic nitrogens is 3. The summed E-state index contributed by atoms with van der Waals surface area (Å²) in [4.78, 5) is 15.7. The standard InChI is InChI=1S/C13H16N4O2/c1-8(2)10-4-5-17(16-10)11-7-15-12(14)6-9(11)13(18)19-3/h4-8H,1-3H3,(H2,14,15). The summed E-state index contributed by atoms with van der Waals surface area (Å²) in [6.07, 6.45) is 3.30. The van der Waals surface area contributed by atoms with Crippen LogP contribution in [-0.2, 0) is 4.74 Å². The Morgan fingerprint density at radius 1 is 1.47 bits per heavy atom. The Morgan fingerprint density at radius 3 is 2.79 bits per heavy atom. The van der Waals surface area contributed by atoms with E-state index in [4.69, 9.17) is 10.5 Å². The number of methoxy groups -OCH3 is 1. The highest BCUT2D eigenvalue weighted by molar-refractivity contribution is 5.94. The summed E-state index contributed by atoms with van der Waals surface area (Å²) in [5, 5.41) is 4.42. The van der Waals surface area contributed by atoms with Crippen molar-refractivity contribution in [2.45, 2.75) is 19.8 Å². The third kappa shape index (κ3) is 2.57. The smallest absolute Gasteiger partial charge is 0.340 e. The lowest BCUT2D eigenvalue weighted by Gasteiger charge is -2.08. The van der Waals surface area contributed by atoms with Crippen molar-refractivity contribution in [2.75, 3.05) is 12.8 Å². The molecule has 0 amide bonds. The molecule has 0 saturated carbocycles. The van der Waals surface area contributed by atoms with E-state index in [0.29, 0.717) is 17.2 Å². The van der Waals surface area contributed by atoms with Crippen LogP contribution >= 0.6 is 0 Å². The van der Waals surface area contributed by atoms with Crippen LogP contribution in [0.2, 0.25) is 0 Å². The molecular formula is C13H16N4O2. The van der Waals surface area contributed by atoms with Gasteiger partial charge in [-0.25, -0.2) is 14.5 Å². The van der Waals surface area contributed by atoms with Gasteiger partial charge in [-0.3, -0.25) is 0 Å². The second-order valence-electron chi connectivity index (χ2n) is 4.46. The second kappa shape index (κ2) is 5.09. The lowest BCUT2D eigenvalue weighted by molar-refractivity contribution is 0.0600. The number of nitrogens with two attached hydrogens (primary N) is 1. The van der Waals surface area contributed by atoms with E-state index in [1.165, 1.54) is 19.4 Å². The van der Waals surface area contributed by atoms with Crippen LogP contribution in [0.25, 0.3) is 5.69 Å². The third-order valence-electron chi connectivity index (χ3n) is 2.76. The van der Waals surface area contributed by atoms with Crippen LogP contribution in [-0.4, -0.2) is 27.8 Å². The minimum atomic E-state index is -0.467. The number of nitrogens with zero attached hydrogens (tertiary/aromatic N) is 3. The zero-order valence-corrected chi connectivity index (χ0v) is 11.1. The van der Waals surface area contributed by atoms with E-state index in [1.54, 1.807) is 10.9 Å². The molecular weight excluding hydrogens is 244 g/mol. The molecule has 0 aliphatic carbocycles. The Morgan fingerprint density at radius 2 is 2.21 bits per heavy atom. The maximum atomic E-state index is 11.8. The number of rotatable bonds is 3. The number of esters is 1. The van der Waals surface area contributed by atoms with Crippen LogP contribution in [0.15, 0.2) is 24.5 Å². The predicted molar refractivity (Wildman–Crippen MR) is 71.2 cm³/mol. The molecule has 2 aromatic rings. The first-order chi connectivity index (χ1) is 9.02. The van der Waals surface area contributed by atoms with Crippen molar-refractivity contribution in [1.29, 1.82) is 0 Å². The van der Waals surface area contributed by atoms with Crippen molar-refractivity contribution < 1.29 is 9.53 Å². The normalized spacial score (nSPS) is 10.7. The van der Waals surface area contributed by atoms with Gasteiger partial charge in [-0.05, 0) is 18.1 Å². The SMILES string of the molecule is COC(=O)c1cc(N)ncc1-n1ccc(C(C)C)n1. The van der Waals surface area contributed by atoms with Gasteiger partial charge in [0.2, 0.25) is 0 Å². The van der Waals surface area contributed by atoms with Gasteiger partial charge in [0.1, 0.15) is 5.82 Å². The number of hydrogen-bond acceptors (Lipinski definition) is 5. The molecule has 19 heavy (non-hydrogen) atoms. The minimum absolute atomic E-state index is 0.264. The molecule has 2 heterocycles. The zero-order chi connectivity index (χ0) is 14.0. The highest BCUT2D eigenvalue weighted by Gasteiger charge is 2.16. The quantitative estimate of drug-likeness (QED) is 0.850. The first kappa shape index (κ1) is 13.1. The average molecular weight is 260 g/mol. The van der Waals surface area contributed by atoms with E-state index in [0.717, 1.165) is 5.69 Å². The number of anilines is 1. The summed E-state index contributed by atoms with van der Waals surface area (Å²) in [5.41, 5.74) is 7.43. The number of hydrogen-bond donors (Lipinski definition) is 1. The van der Waals surface area contributed by atoms with Crippen molar-refractivity contribution in [1.82, 2.24) is 14.8 Å². The Kier molecular flexibility index (Phi) is 3.50. The zero-order valence-electron chi connectivity index (χ0n) is 11.1. The summed E-state index contributed by atoms with van der Waals surface area (Å²) in [5.74, 6) is 0.107. The van der Waals surface area contributed by atoms with Gasteiger partial charge >= 0.3 is 5.97 Å². The van der Waals surface area contributed by atoms with E-state index < -0.39 is 5.97 Å². The topological polar surface area (TPSA) is 83.0 Å². The Labute approximate surface area is 111 Å². The van der Waals surface area contributed by atoms with Gasteiger partial charge in [0.25, 0.3) is 0 Å². The fourth-order valence-corrected chi connectivity index (χ4v) is 1.70. The van der Waals surface area contributed by atoms with Gasteiger partial charge in [0.05, 0.1) is 30.3 Å². The molecule has 2 rings (SSSR count). The Bertz CT molecular complexity index is 604. The van der Waals surface area contributed by atoms with Crippen molar-refractivity contribution >= 4 is 11.8 Å². The fraction of sp³-hybridized carbons (Fsp3) is 0.308. The van der Waals surface area contributed by atoms with Crippen molar-refractivity contribution in [3.63, 3.8) is 0 Å². The van der Waals surface area contributed by atoms with E-state index in [-0.39, 0.29) is 5.82 Å². The van der Waals surface area contributed by atoms with Gasteiger partial charge in [0, 0.05) is 6.20 Å². The van der Waals surface area contributed by atoms with Crippen LogP contribution in [0.3, 0.4) is 0 Å². The van der Waals surface area contributed by atoms with Crippen molar-refractivity contribution in [3.8, 4) is 5.69 Å². The van der Waals surface area contributed by atoms with Crippen LogP contribution in [0.1, 0.15) is 35.8 Å². The summed E-state index contributed by atoms with van der Waals surface area (Å²) in [7, 11) is 1.32. The maximum Gasteiger partial charge on any atom is 0.340 e. The molecule has 2 N–H and O–H groups in total. The van der Waals surface area contributed by atoms with E-state index in [2.05, 4.69) is 23.9 Å². The van der Waals surface area contributed by atoms with E-state index in [9.17, 15) is 4.79 Å². The molecule has 6 heteroatoms. The first-order valence-corrected chi connectivity index (χ1v) is 5.92. The molecule has 100 valence electrons. The highest BCUT2D eigenvalue weighted by atomic mass is 16.5. The highest BCUT2D eigenvalue weighted by Crippen LogP contribution is 2.18. The molecule has 6 nitrogen and oxygen atoms in total. The predicted octanol–water partition coefficient (Wildman–Crippen LogP) is 1.76. The lowest BCUT2D eigenvalue weighted by Crippen LogP contribution is -2.10. The molecule has 0 spiro atoms. The van der Waals surface area contributed by atoms with Gasteiger partial charge in [-0.2, -0.15) is 5.10 Å². The molecule has 0 unspecified atom stereocenters. The van der Waals surface area contributed by atoms with Gasteiger partial charge in [0.15, 0.2) is 0 Å². The van der Waals surface area contributed by atoms with Gasteiger partial charge < -0.3 is 10.5 Å².